The molecule has 0 saturated carbocycles. The van der Waals surface area contributed by atoms with E-state index >= 15 is 0 Å². The van der Waals surface area contributed by atoms with Crippen molar-refractivity contribution in [3.63, 3.8) is 0 Å². The Kier molecular flexibility index (Phi) is 4.70. The number of hydrogen-bond acceptors (Lipinski definition) is 4. The lowest BCUT2D eigenvalue weighted by Crippen LogP contribution is -2.24. The maximum absolute atomic E-state index is 11.9. The van der Waals surface area contributed by atoms with Crippen LogP contribution in [0.5, 0.6) is 0 Å². The number of nitrogens with one attached hydrogen (secondary N) is 2. The molecule has 20 heavy (non-hydrogen) atoms. The van der Waals surface area contributed by atoms with Gasteiger partial charge in [-0.15, -0.1) is 17.5 Å². The van der Waals surface area contributed by atoms with Crippen LogP contribution in [-0.2, 0) is 4.79 Å². The summed E-state index contributed by atoms with van der Waals surface area (Å²) in [5.74, 6) is 0.161. The van der Waals surface area contributed by atoms with Crippen LogP contribution in [0.1, 0.15) is 6.42 Å². The van der Waals surface area contributed by atoms with Crippen LogP contribution in [0.3, 0.4) is 0 Å². The van der Waals surface area contributed by atoms with E-state index in [9.17, 15) is 4.79 Å². The third-order valence-electron chi connectivity index (χ3n) is 3.25. The summed E-state index contributed by atoms with van der Waals surface area (Å²) in [4.78, 5) is 11.9. The molecule has 1 atom stereocenters. The van der Waals surface area contributed by atoms with Crippen molar-refractivity contribution in [1.82, 2.24) is 20.3 Å². The molecule has 1 amide bonds. The van der Waals surface area contributed by atoms with Gasteiger partial charge in [0.25, 0.3) is 0 Å². The summed E-state index contributed by atoms with van der Waals surface area (Å²) in [7, 11) is 0. The summed E-state index contributed by atoms with van der Waals surface area (Å²) in [5.41, 5.74) is 1.72. The average molecular weight is 294 g/mol. The fourth-order valence-corrected chi connectivity index (χ4v) is 2.17. The van der Waals surface area contributed by atoms with E-state index in [-0.39, 0.29) is 24.2 Å². The van der Waals surface area contributed by atoms with E-state index in [1.54, 1.807) is 17.1 Å². The SMILES string of the molecule is Cl.O=C(Nc1ccc(-n2ccnn2)cc1)C1CCNC1. The maximum atomic E-state index is 11.9. The number of hydrogen-bond donors (Lipinski definition) is 2. The van der Waals surface area contributed by atoms with Crippen LogP contribution in [0.25, 0.3) is 5.69 Å². The molecule has 7 heteroatoms. The topological polar surface area (TPSA) is 71.8 Å². The van der Waals surface area contributed by atoms with Gasteiger partial charge in [-0.2, -0.15) is 0 Å². The molecule has 106 valence electrons. The first-order valence-corrected chi connectivity index (χ1v) is 6.31. The van der Waals surface area contributed by atoms with Gasteiger partial charge in [0.2, 0.25) is 5.91 Å². The monoisotopic (exact) mass is 293 g/mol. The van der Waals surface area contributed by atoms with Gasteiger partial charge in [-0.25, -0.2) is 4.68 Å². The van der Waals surface area contributed by atoms with Gasteiger partial charge >= 0.3 is 0 Å². The summed E-state index contributed by atoms with van der Waals surface area (Å²) in [6.45, 7) is 1.69. The second kappa shape index (κ2) is 6.49. The Labute approximate surface area is 123 Å². The van der Waals surface area contributed by atoms with Gasteiger partial charge in [-0.3, -0.25) is 4.79 Å². The first-order chi connectivity index (χ1) is 9.33. The molecule has 1 fully saturated rings. The number of anilines is 1. The number of benzene rings is 1. The van der Waals surface area contributed by atoms with Gasteiger partial charge in [-0.05, 0) is 37.2 Å². The molecular weight excluding hydrogens is 278 g/mol. The predicted molar refractivity (Wildman–Crippen MR) is 78.2 cm³/mol. The molecule has 1 saturated heterocycles. The molecule has 0 bridgehead atoms. The highest BCUT2D eigenvalue weighted by molar-refractivity contribution is 5.92. The molecule has 6 nitrogen and oxygen atoms in total. The van der Waals surface area contributed by atoms with Gasteiger partial charge in [0.1, 0.15) is 0 Å². The summed E-state index contributed by atoms with van der Waals surface area (Å²) < 4.78 is 1.67. The van der Waals surface area contributed by atoms with Gasteiger partial charge < -0.3 is 10.6 Å². The summed E-state index contributed by atoms with van der Waals surface area (Å²) in [5, 5.41) is 13.8. The Morgan fingerprint density at radius 3 is 2.75 bits per heavy atom. The lowest BCUT2D eigenvalue weighted by Gasteiger charge is -2.10. The first-order valence-electron chi connectivity index (χ1n) is 6.31. The van der Waals surface area contributed by atoms with Crippen LogP contribution < -0.4 is 10.6 Å². The van der Waals surface area contributed by atoms with Crippen LogP contribution in [0, 0.1) is 5.92 Å². The highest BCUT2D eigenvalue weighted by Gasteiger charge is 2.22. The number of aromatic nitrogens is 3. The van der Waals surface area contributed by atoms with Crippen LogP contribution in [0.15, 0.2) is 36.7 Å². The quantitative estimate of drug-likeness (QED) is 0.893. The lowest BCUT2D eigenvalue weighted by atomic mass is 10.1. The molecule has 1 aliphatic rings. The molecule has 0 aliphatic carbocycles. The van der Waals surface area contributed by atoms with Crippen molar-refractivity contribution >= 4 is 24.0 Å². The van der Waals surface area contributed by atoms with Crippen LogP contribution in [0.2, 0.25) is 0 Å². The Balaban J connectivity index is 0.00000147. The number of amides is 1. The van der Waals surface area contributed by atoms with Crippen LogP contribution >= 0.6 is 12.4 Å². The minimum absolute atomic E-state index is 0. The van der Waals surface area contributed by atoms with E-state index in [0.29, 0.717) is 0 Å². The smallest absolute Gasteiger partial charge is 0.228 e. The zero-order valence-electron chi connectivity index (χ0n) is 10.8. The van der Waals surface area contributed by atoms with Crippen LogP contribution in [0.4, 0.5) is 5.69 Å². The number of carbonyl (C=O) groups is 1. The Hall–Kier alpha value is -1.92. The third kappa shape index (κ3) is 3.15. The fourth-order valence-electron chi connectivity index (χ4n) is 2.17. The molecule has 1 aromatic heterocycles. The van der Waals surface area contributed by atoms with Gasteiger partial charge in [0.15, 0.2) is 0 Å². The third-order valence-corrected chi connectivity index (χ3v) is 3.25. The molecule has 1 aliphatic heterocycles. The number of carbonyl (C=O) groups excluding carboxylic acids is 1. The molecule has 0 spiro atoms. The summed E-state index contributed by atoms with van der Waals surface area (Å²) in [6, 6.07) is 7.54. The largest absolute Gasteiger partial charge is 0.326 e. The number of halogens is 1. The van der Waals surface area contributed by atoms with Gasteiger partial charge in [0.05, 0.1) is 24.0 Å². The standard InChI is InChI=1S/C13H15N5O.ClH/c19-13(10-5-6-14-9-10)16-11-1-3-12(4-2-11)18-8-7-15-17-18;/h1-4,7-8,10,14H,5-6,9H2,(H,16,19);1H. The highest BCUT2D eigenvalue weighted by Crippen LogP contribution is 2.15. The molecule has 3 rings (SSSR count). The van der Waals surface area contributed by atoms with E-state index in [4.69, 9.17) is 0 Å². The predicted octanol–water partition coefficient (Wildman–Crippen LogP) is 1.24. The van der Waals surface area contributed by atoms with Crippen molar-refractivity contribution < 1.29 is 4.79 Å². The number of rotatable bonds is 3. The van der Waals surface area contributed by atoms with Crippen molar-refractivity contribution in [3.8, 4) is 5.69 Å². The average Bonchev–Trinajstić information content (AvgIpc) is 3.13. The lowest BCUT2D eigenvalue weighted by molar-refractivity contribution is -0.119. The zero-order valence-corrected chi connectivity index (χ0v) is 11.6. The normalized spacial score (nSPS) is 17.5. The molecular formula is C13H16ClN5O. The maximum Gasteiger partial charge on any atom is 0.228 e. The highest BCUT2D eigenvalue weighted by atomic mass is 35.5. The van der Waals surface area contributed by atoms with E-state index in [0.717, 1.165) is 30.9 Å². The molecule has 2 aromatic rings. The zero-order chi connectivity index (χ0) is 13.1. The molecule has 1 unspecified atom stereocenters. The van der Waals surface area contributed by atoms with E-state index in [1.165, 1.54) is 0 Å². The molecule has 2 heterocycles. The van der Waals surface area contributed by atoms with Gasteiger partial charge in [0, 0.05) is 12.2 Å². The van der Waals surface area contributed by atoms with E-state index < -0.39 is 0 Å². The van der Waals surface area contributed by atoms with Crippen molar-refractivity contribution in [2.24, 2.45) is 5.92 Å². The minimum atomic E-state index is 0. The van der Waals surface area contributed by atoms with Crippen molar-refractivity contribution in [2.45, 2.75) is 6.42 Å². The second-order valence-electron chi connectivity index (χ2n) is 4.57. The Morgan fingerprint density at radius 2 is 2.15 bits per heavy atom. The Morgan fingerprint density at radius 1 is 1.35 bits per heavy atom. The molecule has 1 aromatic carbocycles. The second-order valence-corrected chi connectivity index (χ2v) is 4.57. The van der Waals surface area contributed by atoms with Crippen LogP contribution in [-0.4, -0.2) is 34.0 Å². The Bertz CT molecular complexity index is 549. The molecule has 0 radical (unpaired) electrons. The van der Waals surface area contributed by atoms with Crippen molar-refractivity contribution in [1.29, 1.82) is 0 Å². The van der Waals surface area contributed by atoms with E-state index in [1.807, 2.05) is 24.3 Å². The van der Waals surface area contributed by atoms with Gasteiger partial charge in [-0.1, -0.05) is 5.21 Å². The van der Waals surface area contributed by atoms with Crippen molar-refractivity contribution in [2.75, 3.05) is 18.4 Å². The summed E-state index contributed by atoms with van der Waals surface area (Å²) >= 11 is 0. The number of nitrogens with zero attached hydrogens (tertiary/aromatic N) is 3. The first kappa shape index (κ1) is 14.5. The van der Waals surface area contributed by atoms with Crippen molar-refractivity contribution in [3.05, 3.63) is 36.7 Å². The minimum Gasteiger partial charge on any atom is -0.326 e. The van der Waals surface area contributed by atoms with E-state index in [2.05, 4.69) is 20.9 Å². The molecule has 2 N–H and O–H groups in total. The fraction of sp³-hybridized carbons (Fsp3) is 0.308. The summed E-state index contributed by atoms with van der Waals surface area (Å²) in [6.07, 6.45) is 4.31.